The number of aromatic nitrogens is 3. The summed E-state index contributed by atoms with van der Waals surface area (Å²) in [5, 5.41) is 10.1. The third kappa shape index (κ3) is 1.59. The second kappa shape index (κ2) is 4.30. The Bertz CT molecular complexity index is 802. The first-order valence-corrected chi connectivity index (χ1v) is 6.86. The topological polar surface area (TPSA) is 61.9 Å². The van der Waals surface area contributed by atoms with Gasteiger partial charge < -0.3 is 9.88 Å². The largest absolute Gasteiger partial charge is 0.352 e. The maximum atomic E-state index is 12.5. The second-order valence-corrected chi connectivity index (χ2v) is 5.15. The van der Waals surface area contributed by atoms with Crippen molar-refractivity contribution >= 4 is 27.7 Å². The normalized spacial score (nSPS) is 15.3. The van der Waals surface area contributed by atoms with Crippen molar-refractivity contribution in [1.29, 1.82) is 0 Å². The first-order chi connectivity index (χ1) is 9.84. The van der Waals surface area contributed by atoms with E-state index >= 15 is 0 Å². The predicted molar refractivity (Wildman–Crippen MR) is 76.5 cm³/mol. The van der Waals surface area contributed by atoms with Gasteiger partial charge in [0.2, 0.25) is 0 Å². The molecule has 1 N–H and O–H groups in total. The Morgan fingerprint density at radius 2 is 1.95 bits per heavy atom. The summed E-state index contributed by atoms with van der Waals surface area (Å²) >= 11 is 0. The van der Waals surface area contributed by atoms with Gasteiger partial charge in [-0.15, -0.1) is 5.10 Å². The molecule has 100 valence electrons. The maximum Gasteiger partial charge on any atom is 0.276 e. The highest BCUT2D eigenvalue weighted by Gasteiger charge is 2.24. The smallest absolute Gasteiger partial charge is 0.276 e. The van der Waals surface area contributed by atoms with Crippen LogP contribution in [0.1, 0.15) is 23.3 Å². The number of aromatic amines is 1. The summed E-state index contributed by atoms with van der Waals surface area (Å²) in [6, 6.07) is 7.98. The van der Waals surface area contributed by atoms with Crippen LogP contribution in [0.15, 0.2) is 30.5 Å². The average molecular weight is 266 g/mol. The number of carbonyl (C=O) groups excluding carboxylic acids is 1. The fourth-order valence-electron chi connectivity index (χ4n) is 2.90. The Hall–Kier alpha value is -2.43. The molecule has 1 saturated heterocycles. The quantitative estimate of drug-likeness (QED) is 0.735. The van der Waals surface area contributed by atoms with Crippen LogP contribution in [0.4, 0.5) is 0 Å². The Labute approximate surface area is 115 Å². The van der Waals surface area contributed by atoms with Gasteiger partial charge in [-0.25, -0.2) is 0 Å². The van der Waals surface area contributed by atoms with Crippen LogP contribution in [0.25, 0.3) is 21.8 Å². The fourth-order valence-corrected chi connectivity index (χ4v) is 2.90. The van der Waals surface area contributed by atoms with E-state index in [9.17, 15) is 4.79 Å². The summed E-state index contributed by atoms with van der Waals surface area (Å²) in [5.74, 6) is -0.0212. The Morgan fingerprint density at radius 1 is 1.15 bits per heavy atom. The summed E-state index contributed by atoms with van der Waals surface area (Å²) < 4.78 is 0. The van der Waals surface area contributed by atoms with Crippen molar-refractivity contribution in [2.75, 3.05) is 13.1 Å². The van der Waals surface area contributed by atoms with Crippen molar-refractivity contribution in [3.05, 3.63) is 36.2 Å². The van der Waals surface area contributed by atoms with E-state index < -0.39 is 0 Å². The Balaban J connectivity index is 1.93. The standard InChI is InChI=1S/C15H14N4O/c20-15(19-7-3-4-8-19)14-13-11(9-16-18-14)10-5-1-2-6-12(10)17-13/h1-2,5-6,9,17H,3-4,7-8H2. The molecule has 0 atom stereocenters. The molecule has 1 fully saturated rings. The number of carbonyl (C=O) groups is 1. The van der Waals surface area contributed by atoms with Crippen LogP contribution in [0, 0.1) is 0 Å². The molecule has 5 heteroatoms. The van der Waals surface area contributed by atoms with E-state index in [1.165, 1.54) is 0 Å². The van der Waals surface area contributed by atoms with Gasteiger partial charge in [-0.1, -0.05) is 18.2 Å². The predicted octanol–water partition coefficient (Wildman–Crippen LogP) is 2.35. The summed E-state index contributed by atoms with van der Waals surface area (Å²) in [4.78, 5) is 17.7. The van der Waals surface area contributed by atoms with Crippen LogP contribution in [-0.4, -0.2) is 39.1 Å². The van der Waals surface area contributed by atoms with Crippen LogP contribution in [0.5, 0.6) is 0 Å². The maximum absolute atomic E-state index is 12.5. The molecule has 0 bridgehead atoms. The van der Waals surface area contributed by atoms with Crippen molar-refractivity contribution in [2.24, 2.45) is 0 Å². The molecule has 0 aliphatic carbocycles. The van der Waals surface area contributed by atoms with E-state index in [2.05, 4.69) is 15.2 Å². The summed E-state index contributed by atoms with van der Waals surface area (Å²) in [7, 11) is 0. The van der Waals surface area contributed by atoms with Crippen LogP contribution >= 0.6 is 0 Å². The van der Waals surface area contributed by atoms with Crippen molar-refractivity contribution in [3.8, 4) is 0 Å². The minimum absolute atomic E-state index is 0.0212. The minimum Gasteiger partial charge on any atom is -0.352 e. The van der Waals surface area contributed by atoms with E-state index in [0.29, 0.717) is 5.69 Å². The van der Waals surface area contributed by atoms with Gasteiger partial charge in [-0.2, -0.15) is 5.10 Å². The molecular weight excluding hydrogens is 252 g/mol. The molecule has 5 nitrogen and oxygen atoms in total. The third-order valence-electron chi connectivity index (χ3n) is 3.92. The van der Waals surface area contributed by atoms with Crippen LogP contribution in [0.2, 0.25) is 0 Å². The number of fused-ring (bicyclic) bond motifs is 3. The van der Waals surface area contributed by atoms with Gasteiger partial charge in [0.05, 0.1) is 11.7 Å². The van der Waals surface area contributed by atoms with E-state index in [4.69, 9.17) is 0 Å². The number of nitrogens with zero attached hydrogens (tertiary/aromatic N) is 3. The number of amides is 1. The van der Waals surface area contributed by atoms with E-state index in [1.54, 1.807) is 6.20 Å². The number of likely N-dealkylation sites (tertiary alicyclic amines) is 1. The lowest BCUT2D eigenvalue weighted by Gasteiger charge is -2.14. The molecule has 1 aliphatic heterocycles. The fraction of sp³-hybridized carbons (Fsp3) is 0.267. The summed E-state index contributed by atoms with van der Waals surface area (Å²) in [6.45, 7) is 1.63. The lowest BCUT2D eigenvalue weighted by Crippen LogP contribution is -2.28. The first-order valence-electron chi connectivity index (χ1n) is 6.86. The molecule has 0 unspecified atom stereocenters. The lowest BCUT2D eigenvalue weighted by molar-refractivity contribution is 0.0788. The lowest BCUT2D eigenvalue weighted by atomic mass is 10.2. The molecule has 0 spiro atoms. The van der Waals surface area contributed by atoms with Crippen molar-refractivity contribution < 1.29 is 4.79 Å². The molecule has 1 amide bonds. The molecule has 0 radical (unpaired) electrons. The molecule has 1 aromatic carbocycles. The number of H-pyrrole nitrogens is 1. The zero-order chi connectivity index (χ0) is 13.5. The van der Waals surface area contributed by atoms with E-state index in [0.717, 1.165) is 47.7 Å². The van der Waals surface area contributed by atoms with Crippen molar-refractivity contribution in [1.82, 2.24) is 20.1 Å². The highest BCUT2D eigenvalue weighted by molar-refractivity contribution is 6.13. The zero-order valence-corrected chi connectivity index (χ0v) is 11.0. The van der Waals surface area contributed by atoms with Gasteiger partial charge in [0.1, 0.15) is 0 Å². The summed E-state index contributed by atoms with van der Waals surface area (Å²) in [5.41, 5.74) is 2.23. The number of nitrogens with one attached hydrogen (secondary N) is 1. The molecular formula is C15H14N4O. The molecule has 4 rings (SSSR count). The SMILES string of the molecule is O=C(c1nncc2c1[nH]c1ccccc12)N1CCCC1. The molecule has 1 aliphatic rings. The van der Waals surface area contributed by atoms with Gasteiger partial charge in [-0.3, -0.25) is 4.79 Å². The molecule has 2 aromatic heterocycles. The number of hydrogen-bond acceptors (Lipinski definition) is 3. The van der Waals surface area contributed by atoms with E-state index in [-0.39, 0.29) is 5.91 Å². The highest BCUT2D eigenvalue weighted by Crippen LogP contribution is 2.26. The monoisotopic (exact) mass is 266 g/mol. The zero-order valence-electron chi connectivity index (χ0n) is 11.0. The van der Waals surface area contributed by atoms with Crippen LogP contribution in [-0.2, 0) is 0 Å². The molecule has 0 saturated carbocycles. The average Bonchev–Trinajstić information content (AvgIpc) is 3.13. The number of para-hydroxylation sites is 1. The van der Waals surface area contributed by atoms with Gasteiger partial charge in [0.15, 0.2) is 5.69 Å². The van der Waals surface area contributed by atoms with Crippen molar-refractivity contribution in [3.63, 3.8) is 0 Å². The van der Waals surface area contributed by atoms with Gasteiger partial charge >= 0.3 is 0 Å². The molecule has 20 heavy (non-hydrogen) atoms. The van der Waals surface area contributed by atoms with Gasteiger partial charge in [-0.05, 0) is 18.9 Å². The third-order valence-corrected chi connectivity index (χ3v) is 3.92. The first kappa shape index (κ1) is 11.4. The molecule has 3 heterocycles. The highest BCUT2D eigenvalue weighted by atomic mass is 16.2. The molecule has 3 aromatic rings. The minimum atomic E-state index is -0.0212. The second-order valence-electron chi connectivity index (χ2n) is 5.15. The number of rotatable bonds is 1. The Kier molecular flexibility index (Phi) is 2.45. The summed E-state index contributed by atoms with van der Waals surface area (Å²) in [6.07, 6.45) is 3.86. The van der Waals surface area contributed by atoms with E-state index in [1.807, 2.05) is 29.2 Å². The number of benzene rings is 1. The van der Waals surface area contributed by atoms with Crippen LogP contribution < -0.4 is 0 Å². The number of hydrogen-bond donors (Lipinski definition) is 1. The Morgan fingerprint density at radius 3 is 2.80 bits per heavy atom. The van der Waals surface area contributed by atoms with Crippen molar-refractivity contribution in [2.45, 2.75) is 12.8 Å². The van der Waals surface area contributed by atoms with Gasteiger partial charge in [0, 0.05) is 29.4 Å². The van der Waals surface area contributed by atoms with Crippen LogP contribution in [0.3, 0.4) is 0 Å². The van der Waals surface area contributed by atoms with Gasteiger partial charge in [0.25, 0.3) is 5.91 Å².